The van der Waals surface area contributed by atoms with Crippen molar-refractivity contribution >= 4 is 11.7 Å². The quantitative estimate of drug-likeness (QED) is 0.506. The van der Waals surface area contributed by atoms with E-state index in [4.69, 9.17) is 0 Å². The van der Waals surface area contributed by atoms with Crippen molar-refractivity contribution in [1.29, 1.82) is 0 Å². The summed E-state index contributed by atoms with van der Waals surface area (Å²) in [5, 5.41) is 0. The molecule has 54 valence electrons. The molecule has 0 aliphatic carbocycles. The molecule has 1 aliphatic heterocycles. The van der Waals surface area contributed by atoms with Crippen LogP contribution in [0.3, 0.4) is 0 Å². The average molecular weight is 139 g/mol. The van der Waals surface area contributed by atoms with Gasteiger partial charge in [-0.05, 0) is 13.0 Å². The number of ether oxygens (including phenoxy) is 1. The van der Waals surface area contributed by atoms with E-state index in [0.717, 1.165) is 12.1 Å². The number of carbonyl (C=O) groups excluding carboxylic acids is 1. The number of esters is 1. The highest BCUT2D eigenvalue weighted by molar-refractivity contribution is 5.97. The topological polar surface area (TPSA) is 38.7 Å². The summed E-state index contributed by atoms with van der Waals surface area (Å²) in [7, 11) is 1.35. The minimum Gasteiger partial charge on any atom is -0.464 e. The van der Waals surface area contributed by atoms with E-state index >= 15 is 0 Å². The predicted molar refractivity (Wildman–Crippen MR) is 37.8 cm³/mol. The molecule has 1 heterocycles. The highest BCUT2D eigenvalue weighted by Gasteiger charge is 2.12. The summed E-state index contributed by atoms with van der Waals surface area (Å²) in [5.41, 5.74) is 1.39. The summed E-state index contributed by atoms with van der Waals surface area (Å²) < 4.78 is 4.47. The first-order valence-corrected chi connectivity index (χ1v) is 3.06. The molecule has 0 aromatic heterocycles. The molecular formula is C7H9NO2. The molecule has 1 aliphatic rings. The van der Waals surface area contributed by atoms with Gasteiger partial charge in [-0.1, -0.05) is 0 Å². The molecule has 0 atom stereocenters. The third-order valence-corrected chi connectivity index (χ3v) is 1.30. The fourth-order valence-electron chi connectivity index (χ4n) is 0.775. The lowest BCUT2D eigenvalue weighted by Crippen LogP contribution is -2.00. The van der Waals surface area contributed by atoms with Crippen LogP contribution in [0.4, 0.5) is 0 Å². The first-order chi connectivity index (χ1) is 4.74. The standard InChI is InChI=1S/C7H9NO2/c1-5-3-4-6(8-5)7(9)10-2/h4H,3H2,1-2H3. The fourth-order valence-corrected chi connectivity index (χ4v) is 0.775. The number of methoxy groups -OCH3 is 1. The second kappa shape index (κ2) is 2.64. The molecule has 0 spiro atoms. The normalized spacial score (nSPS) is 16.2. The molecule has 0 aromatic carbocycles. The van der Waals surface area contributed by atoms with Crippen molar-refractivity contribution in [2.24, 2.45) is 4.99 Å². The van der Waals surface area contributed by atoms with E-state index in [2.05, 4.69) is 9.73 Å². The molecular weight excluding hydrogens is 130 g/mol. The first-order valence-electron chi connectivity index (χ1n) is 3.06. The molecule has 0 N–H and O–H groups in total. The van der Waals surface area contributed by atoms with E-state index in [1.54, 1.807) is 6.08 Å². The molecule has 0 saturated carbocycles. The first kappa shape index (κ1) is 6.99. The number of nitrogens with zero attached hydrogens (tertiary/aromatic N) is 1. The van der Waals surface area contributed by atoms with Gasteiger partial charge in [0.15, 0.2) is 0 Å². The molecule has 0 saturated heterocycles. The lowest BCUT2D eigenvalue weighted by molar-refractivity contribution is -0.136. The zero-order valence-corrected chi connectivity index (χ0v) is 6.05. The number of aliphatic imine (C=N–C) groups is 1. The van der Waals surface area contributed by atoms with Crippen molar-refractivity contribution in [2.45, 2.75) is 13.3 Å². The van der Waals surface area contributed by atoms with E-state index < -0.39 is 0 Å². The van der Waals surface area contributed by atoms with Gasteiger partial charge in [0.05, 0.1) is 7.11 Å². The Morgan fingerprint density at radius 3 is 2.90 bits per heavy atom. The van der Waals surface area contributed by atoms with Crippen LogP contribution in [0.25, 0.3) is 0 Å². The third kappa shape index (κ3) is 1.23. The van der Waals surface area contributed by atoms with Gasteiger partial charge < -0.3 is 4.74 Å². The van der Waals surface area contributed by atoms with E-state index in [9.17, 15) is 4.79 Å². The van der Waals surface area contributed by atoms with Crippen molar-refractivity contribution in [3.8, 4) is 0 Å². The van der Waals surface area contributed by atoms with Crippen LogP contribution in [0.5, 0.6) is 0 Å². The van der Waals surface area contributed by atoms with Gasteiger partial charge in [-0.25, -0.2) is 4.79 Å². The maximum Gasteiger partial charge on any atom is 0.356 e. The fraction of sp³-hybridized carbons (Fsp3) is 0.429. The monoisotopic (exact) mass is 139 g/mol. The summed E-state index contributed by atoms with van der Waals surface area (Å²) in [6.45, 7) is 1.88. The number of rotatable bonds is 1. The smallest absolute Gasteiger partial charge is 0.356 e. The van der Waals surface area contributed by atoms with Crippen LogP contribution in [-0.4, -0.2) is 18.8 Å². The van der Waals surface area contributed by atoms with E-state index in [1.165, 1.54) is 7.11 Å². The second-order valence-corrected chi connectivity index (χ2v) is 2.13. The number of carbonyl (C=O) groups is 1. The zero-order chi connectivity index (χ0) is 7.56. The Labute approximate surface area is 59.4 Å². The second-order valence-electron chi connectivity index (χ2n) is 2.13. The van der Waals surface area contributed by atoms with Crippen LogP contribution in [0.2, 0.25) is 0 Å². The Hall–Kier alpha value is -1.12. The lowest BCUT2D eigenvalue weighted by atomic mass is 10.3. The summed E-state index contributed by atoms with van der Waals surface area (Å²) in [4.78, 5) is 14.7. The van der Waals surface area contributed by atoms with Crippen LogP contribution in [0, 0.1) is 0 Å². The Kier molecular flexibility index (Phi) is 1.85. The SMILES string of the molecule is COC(=O)C1=CCC(C)=N1. The van der Waals surface area contributed by atoms with Crippen molar-refractivity contribution in [2.75, 3.05) is 7.11 Å². The molecule has 1 rings (SSSR count). The van der Waals surface area contributed by atoms with Crippen molar-refractivity contribution < 1.29 is 9.53 Å². The summed E-state index contributed by atoms with van der Waals surface area (Å²) in [6.07, 6.45) is 2.53. The van der Waals surface area contributed by atoms with E-state index in [-0.39, 0.29) is 5.97 Å². The van der Waals surface area contributed by atoms with Gasteiger partial charge >= 0.3 is 5.97 Å². The van der Waals surface area contributed by atoms with E-state index in [1.807, 2.05) is 6.92 Å². The number of hydrogen-bond acceptors (Lipinski definition) is 3. The number of allylic oxidation sites excluding steroid dienone is 1. The summed E-state index contributed by atoms with van der Waals surface area (Å²) in [6, 6.07) is 0. The maximum atomic E-state index is 10.8. The molecule has 0 radical (unpaired) electrons. The van der Waals surface area contributed by atoms with Crippen molar-refractivity contribution in [1.82, 2.24) is 0 Å². The summed E-state index contributed by atoms with van der Waals surface area (Å²) >= 11 is 0. The molecule has 0 aromatic rings. The average Bonchev–Trinajstić information content (AvgIpc) is 2.34. The van der Waals surface area contributed by atoms with Gasteiger partial charge in [-0.2, -0.15) is 0 Å². The molecule has 10 heavy (non-hydrogen) atoms. The molecule has 3 heteroatoms. The van der Waals surface area contributed by atoms with Crippen LogP contribution in [-0.2, 0) is 9.53 Å². The molecule has 0 unspecified atom stereocenters. The van der Waals surface area contributed by atoms with Crippen LogP contribution in [0.1, 0.15) is 13.3 Å². The summed E-state index contributed by atoms with van der Waals surface area (Å²) in [5.74, 6) is -0.350. The van der Waals surface area contributed by atoms with Gasteiger partial charge in [0.1, 0.15) is 5.70 Å². The molecule has 0 fully saturated rings. The number of hydrogen-bond donors (Lipinski definition) is 0. The van der Waals surface area contributed by atoms with Gasteiger partial charge in [-0.3, -0.25) is 4.99 Å². The zero-order valence-electron chi connectivity index (χ0n) is 6.05. The van der Waals surface area contributed by atoms with Gasteiger partial charge in [0.2, 0.25) is 0 Å². The highest BCUT2D eigenvalue weighted by atomic mass is 16.5. The largest absolute Gasteiger partial charge is 0.464 e. The minimum atomic E-state index is -0.350. The van der Waals surface area contributed by atoms with Gasteiger partial charge in [0.25, 0.3) is 0 Å². The van der Waals surface area contributed by atoms with Crippen LogP contribution >= 0.6 is 0 Å². The predicted octanol–water partition coefficient (Wildman–Crippen LogP) is 0.908. The Balaban J connectivity index is 2.67. The maximum absolute atomic E-state index is 10.8. The minimum absolute atomic E-state index is 0.350. The molecule has 0 amide bonds. The van der Waals surface area contributed by atoms with Gasteiger partial charge in [0, 0.05) is 12.1 Å². The Morgan fingerprint density at radius 2 is 2.50 bits per heavy atom. The van der Waals surface area contributed by atoms with Crippen LogP contribution in [0.15, 0.2) is 16.8 Å². The van der Waals surface area contributed by atoms with Gasteiger partial charge in [-0.15, -0.1) is 0 Å². The van der Waals surface area contributed by atoms with Crippen molar-refractivity contribution in [3.05, 3.63) is 11.8 Å². The molecule has 3 nitrogen and oxygen atoms in total. The van der Waals surface area contributed by atoms with Crippen molar-refractivity contribution in [3.63, 3.8) is 0 Å². The van der Waals surface area contributed by atoms with E-state index in [0.29, 0.717) is 5.70 Å². The highest BCUT2D eigenvalue weighted by Crippen LogP contribution is 2.10. The van der Waals surface area contributed by atoms with Crippen LogP contribution < -0.4 is 0 Å². The molecule has 0 bridgehead atoms. The third-order valence-electron chi connectivity index (χ3n) is 1.30. The Morgan fingerprint density at radius 1 is 1.80 bits per heavy atom. The Bertz CT molecular complexity index is 216. The lowest BCUT2D eigenvalue weighted by Gasteiger charge is -1.93.